The molecule has 1 aromatic heterocycles. The van der Waals surface area contributed by atoms with Crippen LogP contribution in [0.5, 0.6) is 0 Å². The number of hydrogen-bond donors (Lipinski definition) is 0. The van der Waals surface area contributed by atoms with Crippen molar-refractivity contribution in [1.29, 1.82) is 0 Å². The van der Waals surface area contributed by atoms with E-state index < -0.39 is 0 Å². The van der Waals surface area contributed by atoms with Crippen LogP contribution in [-0.2, 0) is 0 Å². The maximum absolute atomic E-state index is 12.9. The zero-order valence-corrected chi connectivity index (χ0v) is 14.7. The highest BCUT2D eigenvalue weighted by molar-refractivity contribution is 5.92. The van der Waals surface area contributed by atoms with Crippen molar-refractivity contribution >= 4 is 5.91 Å². The Bertz CT molecular complexity index is 677. The molecule has 2 heterocycles. The highest BCUT2D eigenvalue weighted by atomic mass is 16.2. The molecule has 128 valence electrons. The number of amides is 1. The number of carbonyl (C=O) groups is 1. The molecule has 1 amide bonds. The molecule has 3 rings (SSSR count). The van der Waals surface area contributed by atoms with E-state index in [1.54, 1.807) is 0 Å². The molecule has 0 radical (unpaired) electrons. The molecular formula is C20H27N3O. The molecule has 1 aromatic carbocycles. The van der Waals surface area contributed by atoms with Gasteiger partial charge in [-0.1, -0.05) is 38.0 Å². The molecule has 24 heavy (non-hydrogen) atoms. The molecule has 1 saturated heterocycles. The summed E-state index contributed by atoms with van der Waals surface area (Å²) < 4.78 is 1.85. The molecule has 0 aliphatic carbocycles. The fourth-order valence-electron chi connectivity index (χ4n) is 3.64. The van der Waals surface area contributed by atoms with E-state index in [0.29, 0.717) is 5.69 Å². The highest BCUT2D eigenvalue weighted by Gasteiger charge is 2.23. The van der Waals surface area contributed by atoms with Crippen molar-refractivity contribution < 1.29 is 4.79 Å². The Morgan fingerprint density at radius 2 is 2.00 bits per heavy atom. The second-order valence-corrected chi connectivity index (χ2v) is 6.80. The second-order valence-electron chi connectivity index (χ2n) is 6.80. The first-order valence-corrected chi connectivity index (χ1v) is 9.10. The van der Waals surface area contributed by atoms with Crippen molar-refractivity contribution in [1.82, 2.24) is 14.7 Å². The third kappa shape index (κ3) is 3.69. The zero-order chi connectivity index (χ0) is 16.9. The molecule has 0 saturated carbocycles. The van der Waals surface area contributed by atoms with Crippen LogP contribution in [0, 0.1) is 12.8 Å². The number of hydrogen-bond acceptors (Lipinski definition) is 2. The summed E-state index contributed by atoms with van der Waals surface area (Å²) in [7, 11) is 0. The minimum Gasteiger partial charge on any atom is -0.337 e. The summed E-state index contributed by atoms with van der Waals surface area (Å²) in [5.41, 5.74) is 2.54. The lowest BCUT2D eigenvalue weighted by atomic mass is 9.96. The molecule has 2 aromatic rings. The molecule has 0 spiro atoms. The molecule has 0 bridgehead atoms. The smallest absolute Gasteiger partial charge is 0.274 e. The van der Waals surface area contributed by atoms with Crippen molar-refractivity contribution in [2.45, 2.75) is 46.0 Å². The van der Waals surface area contributed by atoms with Gasteiger partial charge < -0.3 is 4.90 Å². The Hall–Kier alpha value is -2.10. The zero-order valence-electron chi connectivity index (χ0n) is 14.7. The Morgan fingerprint density at radius 3 is 2.75 bits per heavy atom. The van der Waals surface area contributed by atoms with Gasteiger partial charge in [-0.3, -0.25) is 4.79 Å². The fourth-order valence-corrected chi connectivity index (χ4v) is 3.64. The first-order valence-electron chi connectivity index (χ1n) is 9.10. The maximum atomic E-state index is 12.9. The molecule has 4 heteroatoms. The highest BCUT2D eigenvalue weighted by Crippen LogP contribution is 2.23. The van der Waals surface area contributed by atoms with E-state index in [2.05, 4.69) is 12.0 Å². The van der Waals surface area contributed by atoms with Crippen LogP contribution in [0.4, 0.5) is 0 Å². The van der Waals surface area contributed by atoms with Gasteiger partial charge in [0.1, 0.15) is 0 Å². The van der Waals surface area contributed by atoms with Crippen molar-refractivity contribution in [3.63, 3.8) is 0 Å². The van der Waals surface area contributed by atoms with Gasteiger partial charge in [-0.2, -0.15) is 5.10 Å². The molecule has 1 aliphatic rings. The first kappa shape index (κ1) is 16.7. The molecular weight excluding hydrogens is 298 g/mol. The van der Waals surface area contributed by atoms with Gasteiger partial charge in [-0.05, 0) is 50.3 Å². The number of aryl methyl sites for hydroxylation is 1. The lowest BCUT2D eigenvalue weighted by Gasteiger charge is -2.19. The Balaban J connectivity index is 1.74. The van der Waals surface area contributed by atoms with Crippen LogP contribution in [0.15, 0.2) is 36.4 Å². The van der Waals surface area contributed by atoms with Crippen molar-refractivity contribution in [3.8, 4) is 5.69 Å². The minimum absolute atomic E-state index is 0.0740. The topological polar surface area (TPSA) is 38.1 Å². The SMILES string of the molecule is CCCC1CCCN(C(=O)c2cc(C)n(-c3ccccc3)n2)CC1. The number of benzene rings is 1. The van der Waals surface area contributed by atoms with Crippen LogP contribution >= 0.6 is 0 Å². The Labute approximate surface area is 144 Å². The van der Waals surface area contributed by atoms with E-state index in [1.807, 2.05) is 52.9 Å². The molecule has 1 aliphatic heterocycles. The Morgan fingerprint density at radius 1 is 1.21 bits per heavy atom. The molecule has 0 N–H and O–H groups in total. The summed E-state index contributed by atoms with van der Waals surface area (Å²) in [4.78, 5) is 14.9. The standard InChI is InChI=1S/C20H27N3O/c1-3-8-17-9-7-13-22(14-12-17)20(24)19-15-16(2)23(21-19)18-10-5-4-6-11-18/h4-6,10-11,15,17H,3,7-9,12-14H2,1-2H3. The summed E-state index contributed by atoms with van der Waals surface area (Å²) in [6.45, 7) is 5.96. The van der Waals surface area contributed by atoms with E-state index in [4.69, 9.17) is 0 Å². The average Bonchev–Trinajstić information content (AvgIpc) is 2.84. The van der Waals surface area contributed by atoms with Crippen molar-refractivity contribution in [2.75, 3.05) is 13.1 Å². The monoisotopic (exact) mass is 325 g/mol. The molecule has 4 nitrogen and oxygen atoms in total. The third-order valence-electron chi connectivity index (χ3n) is 4.94. The summed E-state index contributed by atoms with van der Waals surface area (Å²) in [5, 5.41) is 4.57. The summed E-state index contributed by atoms with van der Waals surface area (Å²) in [6, 6.07) is 11.9. The number of aromatic nitrogens is 2. The number of carbonyl (C=O) groups excluding carboxylic acids is 1. The predicted molar refractivity (Wildman–Crippen MR) is 96.5 cm³/mol. The quantitative estimate of drug-likeness (QED) is 0.844. The normalized spacial score (nSPS) is 18.4. The van der Waals surface area contributed by atoms with Crippen molar-refractivity contribution in [3.05, 3.63) is 47.8 Å². The second kappa shape index (κ2) is 7.65. The molecule has 1 fully saturated rings. The van der Waals surface area contributed by atoms with Gasteiger partial charge in [-0.25, -0.2) is 4.68 Å². The van der Waals surface area contributed by atoms with Gasteiger partial charge in [0.2, 0.25) is 0 Å². The number of para-hydroxylation sites is 1. The first-order chi connectivity index (χ1) is 11.7. The van der Waals surface area contributed by atoms with Crippen LogP contribution in [0.2, 0.25) is 0 Å². The van der Waals surface area contributed by atoms with Gasteiger partial charge >= 0.3 is 0 Å². The average molecular weight is 325 g/mol. The lowest BCUT2D eigenvalue weighted by molar-refractivity contribution is 0.0753. The van der Waals surface area contributed by atoms with Gasteiger partial charge in [0.15, 0.2) is 5.69 Å². The Kier molecular flexibility index (Phi) is 5.34. The lowest BCUT2D eigenvalue weighted by Crippen LogP contribution is -2.32. The van der Waals surface area contributed by atoms with Crippen LogP contribution in [0.1, 0.15) is 55.2 Å². The van der Waals surface area contributed by atoms with Crippen LogP contribution in [0.25, 0.3) is 5.69 Å². The van der Waals surface area contributed by atoms with Crippen LogP contribution < -0.4 is 0 Å². The maximum Gasteiger partial charge on any atom is 0.274 e. The number of likely N-dealkylation sites (tertiary alicyclic amines) is 1. The summed E-state index contributed by atoms with van der Waals surface area (Å²) >= 11 is 0. The summed E-state index contributed by atoms with van der Waals surface area (Å²) in [6.07, 6.45) is 5.99. The van der Waals surface area contributed by atoms with E-state index in [1.165, 1.54) is 19.3 Å². The van der Waals surface area contributed by atoms with E-state index >= 15 is 0 Å². The third-order valence-corrected chi connectivity index (χ3v) is 4.94. The minimum atomic E-state index is 0.0740. The largest absolute Gasteiger partial charge is 0.337 e. The van der Waals surface area contributed by atoms with Gasteiger partial charge in [0, 0.05) is 18.8 Å². The molecule has 1 atom stereocenters. The predicted octanol–water partition coefficient (Wildman–Crippen LogP) is 4.22. The summed E-state index contributed by atoms with van der Waals surface area (Å²) in [5.74, 6) is 0.848. The van der Waals surface area contributed by atoms with Gasteiger partial charge in [0.25, 0.3) is 5.91 Å². The van der Waals surface area contributed by atoms with Crippen LogP contribution in [-0.4, -0.2) is 33.7 Å². The van der Waals surface area contributed by atoms with Crippen LogP contribution in [0.3, 0.4) is 0 Å². The van der Waals surface area contributed by atoms with Gasteiger partial charge in [0.05, 0.1) is 5.69 Å². The number of rotatable bonds is 4. The van der Waals surface area contributed by atoms with Crippen molar-refractivity contribution in [2.24, 2.45) is 5.92 Å². The fraction of sp³-hybridized carbons (Fsp3) is 0.500. The van der Waals surface area contributed by atoms with E-state index in [9.17, 15) is 4.79 Å². The van der Waals surface area contributed by atoms with E-state index in [-0.39, 0.29) is 5.91 Å². The number of nitrogens with zero attached hydrogens (tertiary/aromatic N) is 3. The van der Waals surface area contributed by atoms with E-state index in [0.717, 1.165) is 43.2 Å². The molecule has 1 unspecified atom stereocenters. The van der Waals surface area contributed by atoms with Gasteiger partial charge in [-0.15, -0.1) is 0 Å².